The number of carbonyl (C=O) groups excluding carboxylic acids is 4. The van der Waals surface area contributed by atoms with E-state index in [-0.39, 0.29) is 42.5 Å². The van der Waals surface area contributed by atoms with Crippen molar-refractivity contribution in [2.75, 3.05) is 19.7 Å². The summed E-state index contributed by atoms with van der Waals surface area (Å²) in [4.78, 5) is 52.9. The molecule has 5 heterocycles. The third-order valence-corrected chi connectivity index (χ3v) is 6.70. The highest BCUT2D eigenvalue weighted by Gasteiger charge is 2.39. The summed E-state index contributed by atoms with van der Waals surface area (Å²) in [6, 6.07) is 8.10. The van der Waals surface area contributed by atoms with Gasteiger partial charge in [-0.1, -0.05) is 5.21 Å². The Bertz CT molecular complexity index is 1370. The second kappa shape index (κ2) is 8.72. The minimum atomic E-state index is -0.680. The maximum Gasteiger partial charge on any atom is 0.276 e. The highest BCUT2D eigenvalue weighted by Crippen LogP contribution is 2.29. The predicted octanol–water partition coefficient (Wildman–Crippen LogP) is 0.835. The van der Waals surface area contributed by atoms with Gasteiger partial charge in [0, 0.05) is 25.1 Å². The number of hydrogen-bond acceptors (Lipinski definition) is 8. The Labute approximate surface area is 204 Å². The number of ether oxygens (including phenoxy) is 1. The molecule has 3 aliphatic heterocycles. The molecule has 6 rings (SSSR count). The third kappa shape index (κ3) is 3.85. The summed E-state index contributed by atoms with van der Waals surface area (Å²) in [5, 5.41) is 10.5. The molecule has 3 aromatic rings. The van der Waals surface area contributed by atoms with E-state index < -0.39 is 11.9 Å². The van der Waals surface area contributed by atoms with Crippen molar-refractivity contribution >= 4 is 23.6 Å². The molecule has 12 nitrogen and oxygen atoms in total. The van der Waals surface area contributed by atoms with E-state index in [1.807, 2.05) is 6.07 Å². The summed E-state index contributed by atoms with van der Waals surface area (Å²) >= 11 is 0. The number of hydrogen-bond donors (Lipinski definition) is 1. The molecule has 2 saturated heterocycles. The largest absolute Gasteiger partial charge is 0.467 e. The first-order valence-corrected chi connectivity index (χ1v) is 11.6. The number of furan rings is 1. The van der Waals surface area contributed by atoms with Crippen molar-refractivity contribution < 1.29 is 28.3 Å². The Morgan fingerprint density at radius 2 is 2.06 bits per heavy atom. The zero-order valence-corrected chi connectivity index (χ0v) is 19.1. The maximum atomic E-state index is 13.1. The average molecular weight is 490 g/mol. The van der Waals surface area contributed by atoms with Crippen LogP contribution in [0.5, 0.6) is 0 Å². The van der Waals surface area contributed by atoms with Gasteiger partial charge in [-0.25, -0.2) is 4.68 Å². The molecule has 1 N–H and O–H groups in total. The zero-order valence-electron chi connectivity index (χ0n) is 19.1. The van der Waals surface area contributed by atoms with Crippen LogP contribution in [-0.2, 0) is 20.9 Å². The fourth-order valence-electron chi connectivity index (χ4n) is 4.83. The lowest BCUT2D eigenvalue weighted by Gasteiger charge is -2.31. The van der Waals surface area contributed by atoms with Gasteiger partial charge in [0.25, 0.3) is 11.8 Å². The van der Waals surface area contributed by atoms with Crippen molar-refractivity contribution in [3.63, 3.8) is 0 Å². The number of carbonyl (C=O) groups is 4. The molecule has 0 spiro atoms. The molecule has 0 aliphatic carbocycles. The van der Waals surface area contributed by atoms with Crippen LogP contribution in [-0.4, -0.2) is 74.2 Å². The SMILES string of the molecule is O=C1CCC(N2Cc3cc(-n4cc(C(=O)N5CCOC(c6ccco6)C5)nn4)ccc3C2=O)C(=O)N1. The van der Waals surface area contributed by atoms with Crippen LogP contribution in [0.3, 0.4) is 0 Å². The second-order valence-electron chi connectivity index (χ2n) is 8.92. The fraction of sp³-hybridized carbons (Fsp3) is 0.333. The van der Waals surface area contributed by atoms with Crippen LogP contribution in [0.2, 0.25) is 0 Å². The van der Waals surface area contributed by atoms with Crippen molar-refractivity contribution in [1.82, 2.24) is 30.1 Å². The van der Waals surface area contributed by atoms with E-state index in [9.17, 15) is 19.2 Å². The zero-order chi connectivity index (χ0) is 24.8. The number of piperidine rings is 1. The monoisotopic (exact) mass is 490 g/mol. The van der Waals surface area contributed by atoms with Gasteiger partial charge in [-0.15, -0.1) is 5.10 Å². The second-order valence-corrected chi connectivity index (χ2v) is 8.92. The lowest BCUT2D eigenvalue weighted by atomic mass is 10.0. The van der Waals surface area contributed by atoms with Crippen molar-refractivity contribution in [3.05, 3.63) is 65.4 Å². The van der Waals surface area contributed by atoms with Crippen LogP contribution >= 0.6 is 0 Å². The molecule has 0 radical (unpaired) electrons. The first-order chi connectivity index (χ1) is 17.5. The molecule has 2 aromatic heterocycles. The van der Waals surface area contributed by atoms with Gasteiger partial charge < -0.3 is 19.0 Å². The highest BCUT2D eigenvalue weighted by molar-refractivity contribution is 6.05. The number of aromatic nitrogens is 3. The number of morpholine rings is 1. The molecule has 12 heteroatoms. The summed E-state index contributed by atoms with van der Waals surface area (Å²) in [6.07, 6.45) is 3.28. The van der Waals surface area contributed by atoms with Crippen LogP contribution < -0.4 is 5.32 Å². The van der Waals surface area contributed by atoms with Gasteiger partial charge in [-0.2, -0.15) is 0 Å². The Morgan fingerprint density at radius 3 is 2.86 bits per heavy atom. The summed E-state index contributed by atoms with van der Waals surface area (Å²) in [5.74, 6) is -0.632. The first-order valence-electron chi connectivity index (χ1n) is 11.6. The van der Waals surface area contributed by atoms with Crippen LogP contribution in [0.4, 0.5) is 0 Å². The standard InChI is InChI=1S/C24H22N6O6/c31-21-6-5-18(22(32)25-21)29-11-14-10-15(3-4-16(14)23(29)33)30-12-17(26-27-30)24(34)28-7-9-36-20(13-28)19-2-1-8-35-19/h1-4,8,10,12,18,20H,5-7,9,11,13H2,(H,25,31,32). The van der Waals surface area contributed by atoms with Crippen molar-refractivity contribution in [3.8, 4) is 5.69 Å². The number of nitrogens with zero attached hydrogens (tertiary/aromatic N) is 5. The van der Waals surface area contributed by atoms with E-state index in [1.54, 1.807) is 41.6 Å². The van der Waals surface area contributed by atoms with Gasteiger partial charge >= 0.3 is 0 Å². The molecule has 2 atom stereocenters. The number of nitrogens with one attached hydrogen (secondary N) is 1. The summed E-state index contributed by atoms with van der Waals surface area (Å²) in [7, 11) is 0. The molecule has 0 saturated carbocycles. The smallest absolute Gasteiger partial charge is 0.276 e. The third-order valence-electron chi connectivity index (χ3n) is 6.70. The van der Waals surface area contributed by atoms with Gasteiger partial charge in [0.05, 0.1) is 31.3 Å². The van der Waals surface area contributed by atoms with Gasteiger partial charge in [-0.05, 0) is 42.3 Å². The van der Waals surface area contributed by atoms with Crippen molar-refractivity contribution in [2.24, 2.45) is 0 Å². The van der Waals surface area contributed by atoms with E-state index >= 15 is 0 Å². The molecule has 4 amide bonds. The average Bonchev–Trinajstić information content (AvgIpc) is 3.65. The van der Waals surface area contributed by atoms with Crippen LogP contribution in [0, 0.1) is 0 Å². The van der Waals surface area contributed by atoms with Gasteiger partial charge in [-0.3, -0.25) is 24.5 Å². The topological polar surface area (TPSA) is 140 Å². The number of benzene rings is 1. The Hall–Kier alpha value is -4.32. The van der Waals surface area contributed by atoms with Gasteiger partial charge in [0.1, 0.15) is 17.9 Å². The number of fused-ring (bicyclic) bond motifs is 1. The molecule has 36 heavy (non-hydrogen) atoms. The number of rotatable bonds is 4. The van der Waals surface area contributed by atoms with E-state index in [0.717, 1.165) is 5.56 Å². The highest BCUT2D eigenvalue weighted by atomic mass is 16.5. The van der Waals surface area contributed by atoms with E-state index in [0.29, 0.717) is 43.1 Å². The lowest BCUT2D eigenvalue weighted by Crippen LogP contribution is -2.52. The molecule has 1 aromatic carbocycles. The lowest BCUT2D eigenvalue weighted by molar-refractivity contribution is -0.136. The minimum absolute atomic E-state index is 0.192. The Kier molecular flexibility index (Phi) is 5.37. The van der Waals surface area contributed by atoms with Crippen molar-refractivity contribution in [1.29, 1.82) is 0 Å². The van der Waals surface area contributed by atoms with Crippen LogP contribution in [0.1, 0.15) is 51.1 Å². The number of imide groups is 1. The summed E-state index contributed by atoms with van der Waals surface area (Å²) in [6.45, 7) is 1.40. The summed E-state index contributed by atoms with van der Waals surface area (Å²) < 4.78 is 12.6. The molecular formula is C24H22N6O6. The van der Waals surface area contributed by atoms with Gasteiger partial charge in [0.2, 0.25) is 11.8 Å². The van der Waals surface area contributed by atoms with Crippen LogP contribution in [0.15, 0.2) is 47.2 Å². The molecule has 3 aliphatic rings. The molecule has 184 valence electrons. The molecular weight excluding hydrogens is 468 g/mol. The quantitative estimate of drug-likeness (QED) is 0.531. The molecule has 2 unspecified atom stereocenters. The Morgan fingerprint density at radius 1 is 1.17 bits per heavy atom. The van der Waals surface area contributed by atoms with Gasteiger partial charge in [0.15, 0.2) is 5.69 Å². The fourth-order valence-corrected chi connectivity index (χ4v) is 4.83. The predicted molar refractivity (Wildman–Crippen MR) is 121 cm³/mol. The van der Waals surface area contributed by atoms with Crippen molar-refractivity contribution in [2.45, 2.75) is 31.5 Å². The number of amides is 4. The summed E-state index contributed by atoms with van der Waals surface area (Å²) in [5.41, 5.74) is 2.06. The maximum absolute atomic E-state index is 13.1. The molecule has 2 fully saturated rings. The Balaban J connectivity index is 1.18. The van der Waals surface area contributed by atoms with E-state index in [1.165, 1.54) is 9.58 Å². The minimum Gasteiger partial charge on any atom is -0.467 e. The normalized spacial score (nSPS) is 22.1. The first kappa shape index (κ1) is 22.2. The van der Waals surface area contributed by atoms with Crippen LogP contribution in [0.25, 0.3) is 5.69 Å². The van der Waals surface area contributed by atoms with E-state index in [2.05, 4.69) is 15.6 Å². The van der Waals surface area contributed by atoms with E-state index in [4.69, 9.17) is 9.15 Å². The molecule has 0 bridgehead atoms.